The standard InChI is InChI=1S/C12H13BrN2O/c1-8(2)6-11-14-10(7-16)12-9(13)4-3-5-15(11)12/h3-5,7-8H,6H2,1-2H3. The zero-order valence-corrected chi connectivity index (χ0v) is 10.9. The zero-order valence-electron chi connectivity index (χ0n) is 9.27. The minimum atomic E-state index is 0.503. The van der Waals surface area contributed by atoms with E-state index >= 15 is 0 Å². The molecule has 0 unspecified atom stereocenters. The molecule has 0 aliphatic carbocycles. The molecule has 2 rings (SSSR count). The molecule has 2 aromatic heterocycles. The molecule has 2 heterocycles. The van der Waals surface area contributed by atoms with Crippen LogP contribution in [-0.4, -0.2) is 15.7 Å². The highest BCUT2D eigenvalue weighted by molar-refractivity contribution is 9.10. The summed E-state index contributed by atoms with van der Waals surface area (Å²) in [7, 11) is 0. The van der Waals surface area contributed by atoms with Crippen LogP contribution in [0.5, 0.6) is 0 Å². The molecule has 2 aromatic rings. The predicted octanol–water partition coefficient (Wildman–Crippen LogP) is 3.11. The molecular formula is C12H13BrN2O. The highest BCUT2D eigenvalue weighted by Gasteiger charge is 2.13. The van der Waals surface area contributed by atoms with E-state index in [2.05, 4.69) is 34.8 Å². The lowest BCUT2D eigenvalue weighted by atomic mass is 10.1. The van der Waals surface area contributed by atoms with E-state index in [4.69, 9.17) is 0 Å². The molecule has 0 spiro atoms. The highest BCUT2D eigenvalue weighted by Crippen LogP contribution is 2.22. The van der Waals surface area contributed by atoms with Crippen molar-refractivity contribution in [3.63, 3.8) is 0 Å². The minimum Gasteiger partial charge on any atom is -0.302 e. The normalized spacial score (nSPS) is 11.2. The Hall–Kier alpha value is -1.16. The quantitative estimate of drug-likeness (QED) is 0.810. The van der Waals surface area contributed by atoms with Crippen molar-refractivity contribution in [1.82, 2.24) is 9.38 Å². The number of hydrogen-bond acceptors (Lipinski definition) is 2. The van der Waals surface area contributed by atoms with Gasteiger partial charge in [-0.3, -0.25) is 4.79 Å². The van der Waals surface area contributed by atoms with E-state index in [1.807, 2.05) is 22.7 Å². The zero-order chi connectivity index (χ0) is 11.7. The van der Waals surface area contributed by atoms with Gasteiger partial charge in [-0.05, 0) is 34.0 Å². The van der Waals surface area contributed by atoms with Crippen molar-refractivity contribution >= 4 is 27.7 Å². The molecule has 16 heavy (non-hydrogen) atoms. The molecule has 3 nitrogen and oxygen atoms in total. The molecule has 0 aliphatic rings. The van der Waals surface area contributed by atoms with Gasteiger partial charge >= 0.3 is 0 Å². The molecule has 0 saturated heterocycles. The van der Waals surface area contributed by atoms with Gasteiger partial charge in [0.25, 0.3) is 0 Å². The molecule has 0 radical (unpaired) electrons. The summed E-state index contributed by atoms with van der Waals surface area (Å²) in [4.78, 5) is 15.3. The van der Waals surface area contributed by atoms with Gasteiger partial charge in [0.2, 0.25) is 0 Å². The SMILES string of the molecule is CC(C)Cc1nc(C=O)c2c(Br)cccn12. The first-order chi connectivity index (χ1) is 7.63. The Balaban J connectivity index is 2.68. The maximum atomic E-state index is 11.0. The topological polar surface area (TPSA) is 34.4 Å². The number of pyridine rings is 1. The predicted molar refractivity (Wildman–Crippen MR) is 66.8 cm³/mol. The first-order valence-electron chi connectivity index (χ1n) is 5.24. The fraction of sp³-hybridized carbons (Fsp3) is 0.333. The van der Waals surface area contributed by atoms with Crippen LogP contribution in [0.15, 0.2) is 22.8 Å². The molecular weight excluding hydrogens is 268 g/mol. The average Bonchev–Trinajstić information content (AvgIpc) is 2.57. The molecule has 0 bridgehead atoms. The van der Waals surface area contributed by atoms with Crippen LogP contribution in [0.25, 0.3) is 5.52 Å². The average molecular weight is 281 g/mol. The number of aldehydes is 1. The van der Waals surface area contributed by atoms with E-state index in [1.54, 1.807) is 0 Å². The smallest absolute Gasteiger partial charge is 0.170 e. The van der Waals surface area contributed by atoms with Gasteiger partial charge in [-0.25, -0.2) is 4.98 Å². The van der Waals surface area contributed by atoms with E-state index in [-0.39, 0.29) is 0 Å². The summed E-state index contributed by atoms with van der Waals surface area (Å²) in [5.41, 5.74) is 1.36. The number of carbonyl (C=O) groups excluding carboxylic acids is 1. The summed E-state index contributed by atoms with van der Waals surface area (Å²) < 4.78 is 2.88. The highest BCUT2D eigenvalue weighted by atomic mass is 79.9. The van der Waals surface area contributed by atoms with Crippen LogP contribution in [0.4, 0.5) is 0 Å². The first-order valence-corrected chi connectivity index (χ1v) is 6.03. The van der Waals surface area contributed by atoms with Crippen molar-refractivity contribution < 1.29 is 4.79 Å². The van der Waals surface area contributed by atoms with Crippen molar-refractivity contribution in [3.8, 4) is 0 Å². The van der Waals surface area contributed by atoms with Crippen LogP contribution in [0.2, 0.25) is 0 Å². The van der Waals surface area contributed by atoms with Crippen LogP contribution in [-0.2, 0) is 6.42 Å². The molecule has 0 aromatic carbocycles. The lowest BCUT2D eigenvalue weighted by Crippen LogP contribution is -2.00. The van der Waals surface area contributed by atoms with Crippen LogP contribution < -0.4 is 0 Å². The fourth-order valence-corrected chi connectivity index (χ4v) is 2.33. The van der Waals surface area contributed by atoms with E-state index in [9.17, 15) is 4.79 Å². The Kier molecular flexibility index (Phi) is 3.10. The molecule has 0 N–H and O–H groups in total. The second kappa shape index (κ2) is 4.37. The lowest BCUT2D eigenvalue weighted by Gasteiger charge is -2.04. The molecule has 0 saturated carbocycles. The number of aromatic nitrogens is 2. The van der Waals surface area contributed by atoms with Gasteiger partial charge in [-0.15, -0.1) is 0 Å². The summed E-state index contributed by atoms with van der Waals surface area (Å²) in [5.74, 6) is 1.46. The van der Waals surface area contributed by atoms with Crippen molar-refractivity contribution in [2.24, 2.45) is 5.92 Å². The maximum absolute atomic E-state index is 11.0. The van der Waals surface area contributed by atoms with E-state index in [1.165, 1.54) is 0 Å². The Bertz CT molecular complexity index is 531. The second-order valence-corrected chi connectivity index (χ2v) is 5.06. The number of halogens is 1. The fourth-order valence-electron chi connectivity index (χ4n) is 1.78. The van der Waals surface area contributed by atoms with Crippen molar-refractivity contribution in [2.75, 3.05) is 0 Å². The number of imidazole rings is 1. The van der Waals surface area contributed by atoms with Crippen LogP contribution in [0.1, 0.15) is 30.2 Å². The molecule has 0 aliphatic heterocycles. The Morgan fingerprint density at radius 3 is 2.94 bits per heavy atom. The monoisotopic (exact) mass is 280 g/mol. The second-order valence-electron chi connectivity index (χ2n) is 4.20. The molecule has 4 heteroatoms. The van der Waals surface area contributed by atoms with Gasteiger partial charge < -0.3 is 4.40 Å². The molecule has 0 atom stereocenters. The van der Waals surface area contributed by atoms with Gasteiger partial charge in [-0.2, -0.15) is 0 Å². The number of nitrogens with zero attached hydrogens (tertiary/aromatic N) is 2. The van der Waals surface area contributed by atoms with E-state index in [0.717, 1.165) is 28.5 Å². The maximum Gasteiger partial charge on any atom is 0.170 e. The summed E-state index contributed by atoms with van der Waals surface area (Å²) in [6, 6.07) is 3.86. The summed E-state index contributed by atoms with van der Waals surface area (Å²) in [6.07, 6.45) is 3.62. The third-order valence-corrected chi connectivity index (χ3v) is 3.06. The van der Waals surface area contributed by atoms with Crippen LogP contribution in [0.3, 0.4) is 0 Å². The Labute approximate surface area is 103 Å². The summed E-state index contributed by atoms with van der Waals surface area (Å²) in [6.45, 7) is 4.28. The van der Waals surface area contributed by atoms with Crippen molar-refractivity contribution in [1.29, 1.82) is 0 Å². The molecule has 0 amide bonds. The van der Waals surface area contributed by atoms with Crippen molar-refractivity contribution in [2.45, 2.75) is 20.3 Å². The first kappa shape index (κ1) is 11.3. The van der Waals surface area contributed by atoms with Gasteiger partial charge in [0, 0.05) is 17.1 Å². The summed E-state index contributed by atoms with van der Waals surface area (Å²) >= 11 is 3.45. The van der Waals surface area contributed by atoms with Gasteiger partial charge in [0.1, 0.15) is 11.5 Å². The van der Waals surface area contributed by atoms with Gasteiger partial charge in [-0.1, -0.05) is 13.8 Å². The number of rotatable bonds is 3. The Morgan fingerprint density at radius 1 is 1.56 bits per heavy atom. The Morgan fingerprint density at radius 2 is 2.31 bits per heavy atom. The third-order valence-electron chi connectivity index (χ3n) is 2.42. The molecule has 84 valence electrons. The van der Waals surface area contributed by atoms with Gasteiger partial charge in [0.05, 0.1) is 5.52 Å². The largest absolute Gasteiger partial charge is 0.302 e. The number of hydrogen-bond donors (Lipinski definition) is 0. The van der Waals surface area contributed by atoms with Crippen LogP contribution in [0, 0.1) is 5.92 Å². The van der Waals surface area contributed by atoms with E-state index in [0.29, 0.717) is 11.6 Å². The summed E-state index contributed by atoms with van der Waals surface area (Å²) in [5, 5.41) is 0. The third kappa shape index (κ3) is 1.89. The molecule has 0 fully saturated rings. The van der Waals surface area contributed by atoms with Crippen LogP contribution >= 0.6 is 15.9 Å². The van der Waals surface area contributed by atoms with Crippen molar-refractivity contribution in [3.05, 3.63) is 34.3 Å². The number of fused-ring (bicyclic) bond motifs is 1. The number of carbonyl (C=O) groups is 1. The van der Waals surface area contributed by atoms with E-state index < -0.39 is 0 Å². The minimum absolute atomic E-state index is 0.503. The van der Waals surface area contributed by atoms with Gasteiger partial charge in [0.15, 0.2) is 6.29 Å². The lowest BCUT2D eigenvalue weighted by molar-refractivity contribution is 0.112.